The summed E-state index contributed by atoms with van der Waals surface area (Å²) >= 11 is 10.2. The van der Waals surface area contributed by atoms with Crippen LogP contribution in [0.4, 0.5) is 10.5 Å². The van der Waals surface area contributed by atoms with Crippen molar-refractivity contribution < 1.29 is 23.9 Å². The van der Waals surface area contributed by atoms with Crippen LogP contribution in [0, 0.1) is 6.92 Å². The summed E-state index contributed by atoms with van der Waals surface area (Å²) in [6, 6.07) is 19.5. The van der Waals surface area contributed by atoms with E-state index in [1.165, 1.54) is 0 Å². The molecule has 1 heterocycles. The van der Waals surface area contributed by atoms with Crippen molar-refractivity contribution in [2.45, 2.75) is 6.92 Å². The van der Waals surface area contributed by atoms with Crippen molar-refractivity contribution in [3.05, 3.63) is 92.3 Å². The maximum atomic E-state index is 12.8. The molecule has 37 heavy (non-hydrogen) atoms. The number of ether oxygens (including phenoxy) is 2. The van der Waals surface area contributed by atoms with Crippen molar-refractivity contribution in [1.29, 1.82) is 0 Å². The molecule has 3 aromatic rings. The normalized spacial score (nSPS) is 14.2. The Kier molecular flexibility index (Phi) is 8.91. The fourth-order valence-corrected chi connectivity index (χ4v) is 4.92. The summed E-state index contributed by atoms with van der Waals surface area (Å²) in [5, 5.41) is 3.03. The number of nitrogens with one attached hydrogen (secondary N) is 1. The fraction of sp³-hybridized carbons (Fsp3) is 0.148. The van der Waals surface area contributed by atoms with Gasteiger partial charge in [-0.05, 0) is 100 Å². The lowest BCUT2D eigenvalue weighted by Crippen LogP contribution is -2.32. The fourth-order valence-electron chi connectivity index (χ4n) is 3.42. The highest BCUT2D eigenvalue weighted by molar-refractivity contribution is 9.10. The molecule has 0 radical (unpaired) electrons. The van der Waals surface area contributed by atoms with Crippen LogP contribution in [0.25, 0.3) is 6.08 Å². The number of aryl methyl sites for hydroxylation is 1. The van der Waals surface area contributed by atoms with Gasteiger partial charge in [0.1, 0.15) is 18.1 Å². The third kappa shape index (κ3) is 7.38. The molecule has 0 aliphatic carbocycles. The molecule has 0 unspecified atom stereocenters. The van der Waals surface area contributed by atoms with Gasteiger partial charge >= 0.3 is 0 Å². The van der Waals surface area contributed by atoms with Gasteiger partial charge in [0.05, 0.1) is 15.9 Å². The number of carbonyl (C=O) groups is 3. The Morgan fingerprint density at radius 1 is 1.08 bits per heavy atom. The van der Waals surface area contributed by atoms with Gasteiger partial charge in [0, 0.05) is 10.7 Å². The van der Waals surface area contributed by atoms with Crippen molar-refractivity contribution in [2.24, 2.45) is 0 Å². The van der Waals surface area contributed by atoms with E-state index in [1.54, 1.807) is 48.5 Å². The van der Waals surface area contributed by atoms with Gasteiger partial charge in [-0.3, -0.25) is 19.3 Å². The smallest absolute Gasteiger partial charge is 0.293 e. The Morgan fingerprint density at radius 2 is 1.86 bits per heavy atom. The second-order valence-electron chi connectivity index (χ2n) is 8.03. The van der Waals surface area contributed by atoms with Crippen LogP contribution in [0.1, 0.15) is 11.1 Å². The minimum absolute atomic E-state index is 0.131. The highest BCUT2D eigenvalue weighted by Gasteiger charge is 2.34. The van der Waals surface area contributed by atoms with Gasteiger partial charge in [-0.1, -0.05) is 29.8 Å². The zero-order valence-electron chi connectivity index (χ0n) is 19.7. The van der Waals surface area contributed by atoms with Crippen LogP contribution in [0.5, 0.6) is 11.5 Å². The Bertz CT molecular complexity index is 1360. The molecule has 0 atom stereocenters. The standard InChI is InChI=1S/C27H22BrClN2O5S/c1-17-3-2-4-20(13-17)30-25(32)16-36-23-10-5-18(14-22(23)28)15-24-26(33)31(27(34)37-24)11-12-35-21-8-6-19(29)7-9-21/h2-10,13-15H,11-12,16H2,1H3,(H,30,32)/b24-15-. The number of amides is 3. The third-order valence-corrected chi connectivity index (χ3v) is 6.96. The maximum absolute atomic E-state index is 12.8. The number of hydrogen-bond donors (Lipinski definition) is 1. The molecule has 0 saturated carbocycles. The number of rotatable bonds is 9. The minimum atomic E-state index is -0.376. The minimum Gasteiger partial charge on any atom is -0.492 e. The summed E-state index contributed by atoms with van der Waals surface area (Å²) in [6.45, 7) is 2.08. The van der Waals surface area contributed by atoms with Crippen molar-refractivity contribution in [2.75, 3.05) is 25.1 Å². The number of benzene rings is 3. The molecule has 3 amide bonds. The van der Waals surface area contributed by atoms with E-state index in [-0.39, 0.29) is 36.8 Å². The number of anilines is 1. The lowest BCUT2D eigenvalue weighted by atomic mass is 10.2. The highest BCUT2D eigenvalue weighted by atomic mass is 79.9. The van der Waals surface area contributed by atoms with E-state index in [4.69, 9.17) is 21.1 Å². The maximum Gasteiger partial charge on any atom is 0.293 e. The van der Waals surface area contributed by atoms with Crippen molar-refractivity contribution in [3.63, 3.8) is 0 Å². The second-order valence-corrected chi connectivity index (χ2v) is 10.3. The summed E-state index contributed by atoms with van der Waals surface area (Å²) in [7, 11) is 0. The van der Waals surface area contributed by atoms with E-state index in [0.717, 1.165) is 22.2 Å². The summed E-state index contributed by atoms with van der Waals surface area (Å²) < 4.78 is 11.8. The van der Waals surface area contributed by atoms with Crippen LogP contribution in [0.15, 0.2) is 76.1 Å². The second kappa shape index (κ2) is 12.3. The lowest BCUT2D eigenvalue weighted by Gasteiger charge is -2.13. The number of carbonyl (C=O) groups excluding carboxylic acids is 3. The first-order valence-corrected chi connectivity index (χ1v) is 13.2. The summed E-state index contributed by atoms with van der Waals surface area (Å²) in [6.07, 6.45) is 1.64. The molecule has 4 rings (SSSR count). The van der Waals surface area contributed by atoms with Gasteiger partial charge < -0.3 is 14.8 Å². The highest BCUT2D eigenvalue weighted by Crippen LogP contribution is 2.34. The molecular formula is C27H22BrClN2O5S. The average Bonchev–Trinajstić information content (AvgIpc) is 3.12. The molecule has 0 aromatic heterocycles. The molecule has 1 saturated heterocycles. The van der Waals surface area contributed by atoms with Crippen molar-refractivity contribution in [3.8, 4) is 11.5 Å². The predicted octanol–water partition coefficient (Wildman–Crippen LogP) is 6.54. The quantitative estimate of drug-likeness (QED) is 0.280. The molecule has 1 aliphatic heterocycles. The Morgan fingerprint density at radius 3 is 2.59 bits per heavy atom. The summed E-state index contributed by atoms with van der Waals surface area (Å²) in [4.78, 5) is 38.8. The van der Waals surface area contributed by atoms with Gasteiger partial charge in [-0.2, -0.15) is 0 Å². The molecule has 190 valence electrons. The molecule has 1 N–H and O–H groups in total. The zero-order valence-corrected chi connectivity index (χ0v) is 22.9. The third-order valence-electron chi connectivity index (χ3n) is 5.19. The van der Waals surface area contributed by atoms with Gasteiger partial charge in [0.15, 0.2) is 6.61 Å². The topological polar surface area (TPSA) is 84.9 Å². The molecule has 7 nitrogen and oxygen atoms in total. The van der Waals surface area contributed by atoms with E-state index >= 15 is 0 Å². The number of thioether (sulfide) groups is 1. The molecular weight excluding hydrogens is 580 g/mol. The first kappa shape index (κ1) is 26.8. The average molecular weight is 602 g/mol. The van der Waals surface area contributed by atoms with Crippen LogP contribution >= 0.6 is 39.3 Å². The van der Waals surface area contributed by atoms with Crippen LogP contribution in [-0.2, 0) is 9.59 Å². The van der Waals surface area contributed by atoms with Crippen LogP contribution in [0.3, 0.4) is 0 Å². The molecule has 1 fully saturated rings. The Labute approximate surface area is 231 Å². The molecule has 10 heteroatoms. The van der Waals surface area contributed by atoms with Gasteiger partial charge in [-0.15, -0.1) is 0 Å². The molecule has 0 spiro atoms. The van der Waals surface area contributed by atoms with E-state index in [9.17, 15) is 14.4 Å². The van der Waals surface area contributed by atoms with Gasteiger partial charge in [0.2, 0.25) is 0 Å². The van der Waals surface area contributed by atoms with Crippen molar-refractivity contribution >= 4 is 68.1 Å². The van der Waals surface area contributed by atoms with E-state index < -0.39 is 0 Å². The van der Waals surface area contributed by atoms with Crippen LogP contribution < -0.4 is 14.8 Å². The number of hydrogen-bond acceptors (Lipinski definition) is 6. The van der Waals surface area contributed by atoms with E-state index in [1.807, 2.05) is 31.2 Å². The van der Waals surface area contributed by atoms with E-state index in [2.05, 4.69) is 21.2 Å². The number of imide groups is 1. The van der Waals surface area contributed by atoms with Crippen molar-refractivity contribution in [1.82, 2.24) is 4.90 Å². The first-order valence-electron chi connectivity index (χ1n) is 11.2. The van der Waals surface area contributed by atoms with E-state index in [0.29, 0.717) is 37.2 Å². The SMILES string of the molecule is Cc1cccc(NC(=O)COc2ccc(/C=C3\SC(=O)N(CCOc4ccc(Cl)cc4)C3=O)cc2Br)c1. The molecule has 0 bridgehead atoms. The Hall–Kier alpha value is -3.27. The molecule has 1 aliphatic rings. The zero-order chi connectivity index (χ0) is 26.4. The largest absolute Gasteiger partial charge is 0.492 e. The summed E-state index contributed by atoms with van der Waals surface area (Å²) in [5.74, 6) is 0.421. The van der Waals surface area contributed by atoms with Crippen LogP contribution in [0.2, 0.25) is 5.02 Å². The molecule has 3 aromatic carbocycles. The Balaban J connectivity index is 1.31. The first-order chi connectivity index (χ1) is 17.8. The van der Waals surface area contributed by atoms with Gasteiger partial charge in [0.25, 0.3) is 17.1 Å². The number of nitrogens with zero attached hydrogens (tertiary/aromatic N) is 1. The summed E-state index contributed by atoms with van der Waals surface area (Å²) in [5.41, 5.74) is 2.45. The van der Waals surface area contributed by atoms with Gasteiger partial charge in [-0.25, -0.2) is 0 Å². The lowest BCUT2D eigenvalue weighted by molar-refractivity contribution is -0.123. The predicted molar refractivity (Wildman–Crippen MR) is 149 cm³/mol. The van der Waals surface area contributed by atoms with Crippen LogP contribution in [-0.4, -0.2) is 41.7 Å². The number of halogens is 2. The monoisotopic (exact) mass is 600 g/mol.